The van der Waals surface area contributed by atoms with Crippen LogP contribution in [-0.4, -0.2) is 44.6 Å². The number of amides is 1. The third-order valence-electron chi connectivity index (χ3n) is 4.79. The Labute approximate surface area is 157 Å². The molecule has 0 spiro atoms. The number of imidazole rings is 1. The number of piperidine rings is 1. The number of fused-ring (bicyclic) bond motifs is 1. The van der Waals surface area contributed by atoms with Gasteiger partial charge in [0.2, 0.25) is 5.91 Å². The highest BCUT2D eigenvalue weighted by molar-refractivity contribution is 7.99. The van der Waals surface area contributed by atoms with Gasteiger partial charge in [0.15, 0.2) is 0 Å². The van der Waals surface area contributed by atoms with Crippen LogP contribution in [0.15, 0.2) is 48.8 Å². The van der Waals surface area contributed by atoms with Crippen molar-refractivity contribution in [2.75, 3.05) is 18.8 Å². The lowest BCUT2D eigenvalue weighted by Crippen LogP contribution is -2.40. The summed E-state index contributed by atoms with van der Waals surface area (Å²) in [5.41, 5.74) is 3.22. The zero-order valence-electron chi connectivity index (χ0n) is 14.6. The van der Waals surface area contributed by atoms with Gasteiger partial charge in [-0.2, -0.15) is 0 Å². The molecule has 5 nitrogen and oxygen atoms in total. The van der Waals surface area contributed by atoms with Gasteiger partial charge in [0.1, 0.15) is 5.82 Å². The first-order chi connectivity index (χ1) is 12.8. The summed E-state index contributed by atoms with van der Waals surface area (Å²) in [7, 11) is 0. The summed E-state index contributed by atoms with van der Waals surface area (Å²) in [5.74, 6) is 2.86. The second-order valence-electron chi connectivity index (χ2n) is 6.67. The van der Waals surface area contributed by atoms with Crippen molar-refractivity contribution in [3.05, 3.63) is 60.2 Å². The molecule has 6 heteroatoms. The molecule has 1 aliphatic rings. The van der Waals surface area contributed by atoms with E-state index in [1.165, 1.54) is 0 Å². The van der Waals surface area contributed by atoms with Crippen molar-refractivity contribution in [3.63, 3.8) is 0 Å². The van der Waals surface area contributed by atoms with Gasteiger partial charge in [-0.15, -0.1) is 11.8 Å². The lowest BCUT2D eigenvalue weighted by atomic mass is 9.97. The molecule has 134 valence electrons. The summed E-state index contributed by atoms with van der Waals surface area (Å²) >= 11 is 1.65. The van der Waals surface area contributed by atoms with Crippen LogP contribution in [0.5, 0.6) is 0 Å². The van der Waals surface area contributed by atoms with E-state index >= 15 is 0 Å². The molecule has 4 rings (SSSR count). The lowest BCUT2D eigenvalue weighted by molar-refractivity contribution is -0.129. The SMILES string of the molecule is O=C(CSCc1cccnc1)N1CCCC(c2nc3ccccc3[nH]2)C1. The number of likely N-dealkylation sites (tertiary alicyclic amines) is 1. The van der Waals surface area contributed by atoms with Crippen LogP contribution >= 0.6 is 11.8 Å². The Hall–Kier alpha value is -2.34. The molecule has 1 aromatic carbocycles. The van der Waals surface area contributed by atoms with Gasteiger partial charge in [-0.3, -0.25) is 9.78 Å². The molecule has 1 amide bonds. The van der Waals surface area contributed by atoms with E-state index in [1.807, 2.05) is 47.5 Å². The average Bonchev–Trinajstić information content (AvgIpc) is 3.13. The third-order valence-corrected chi connectivity index (χ3v) is 5.77. The van der Waals surface area contributed by atoms with Crippen molar-refractivity contribution in [1.82, 2.24) is 19.9 Å². The monoisotopic (exact) mass is 366 g/mol. The molecule has 1 atom stereocenters. The van der Waals surface area contributed by atoms with Crippen LogP contribution < -0.4 is 0 Å². The largest absolute Gasteiger partial charge is 0.342 e. The van der Waals surface area contributed by atoms with Gasteiger partial charge in [0.25, 0.3) is 0 Å². The summed E-state index contributed by atoms with van der Waals surface area (Å²) in [4.78, 5) is 26.9. The number of hydrogen-bond donors (Lipinski definition) is 1. The summed E-state index contributed by atoms with van der Waals surface area (Å²) in [6, 6.07) is 12.1. The number of benzene rings is 1. The summed E-state index contributed by atoms with van der Waals surface area (Å²) in [6.45, 7) is 1.61. The molecule has 3 aromatic rings. The van der Waals surface area contributed by atoms with Crippen LogP contribution in [-0.2, 0) is 10.5 Å². The Kier molecular flexibility index (Phi) is 5.20. The first-order valence-corrected chi connectivity index (χ1v) is 10.1. The van der Waals surface area contributed by atoms with Gasteiger partial charge in [-0.1, -0.05) is 18.2 Å². The Morgan fingerprint density at radius 2 is 2.19 bits per heavy atom. The number of nitrogens with zero attached hydrogens (tertiary/aromatic N) is 3. The third kappa shape index (κ3) is 3.90. The minimum atomic E-state index is 0.222. The number of pyridine rings is 1. The number of para-hydroxylation sites is 2. The summed E-state index contributed by atoms with van der Waals surface area (Å²) in [6.07, 6.45) is 5.73. The maximum atomic E-state index is 12.6. The number of aromatic nitrogens is 3. The van der Waals surface area contributed by atoms with Crippen LogP contribution in [0.3, 0.4) is 0 Å². The molecular formula is C20H22N4OS. The molecule has 26 heavy (non-hydrogen) atoms. The fraction of sp³-hybridized carbons (Fsp3) is 0.350. The van der Waals surface area contributed by atoms with Crippen molar-refractivity contribution in [3.8, 4) is 0 Å². The normalized spacial score (nSPS) is 17.5. The number of aromatic amines is 1. The molecule has 0 aliphatic carbocycles. The van der Waals surface area contributed by atoms with E-state index in [-0.39, 0.29) is 5.91 Å². The Balaban J connectivity index is 1.34. The highest BCUT2D eigenvalue weighted by atomic mass is 32.2. The number of H-pyrrole nitrogens is 1. The number of nitrogens with one attached hydrogen (secondary N) is 1. The maximum Gasteiger partial charge on any atom is 0.232 e. The van der Waals surface area contributed by atoms with Gasteiger partial charge in [0, 0.05) is 37.2 Å². The molecule has 1 N–H and O–H groups in total. The molecule has 0 radical (unpaired) electrons. The average molecular weight is 366 g/mol. The molecule has 3 heterocycles. The molecule has 0 saturated carbocycles. The number of hydrogen-bond acceptors (Lipinski definition) is 4. The summed E-state index contributed by atoms with van der Waals surface area (Å²) < 4.78 is 0. The number of rotatable bonds is 5. The molecule has 1 saturated heterocycles. The number of thioether (sulfide) groups is 1. The molecular weight excluding hydrogens is 344 g/mol. The molecule has 0 bridgehead atoms. The van der Waals surface area contributed by atoms with Crippen LogP contribution in [0.1, 0.15) is 30.1 Å². The fourth-order valence-electron chi connectivity index (χ4n) is 3.42. The van der Waals surface area contributed by atoms with Gasteiger partial charge < -0.3 is 9.88 Å². The minimum absolute atomic E-state index is 0.222. The maximum absolute atomic E-state index is 12.6. The van der Waals surface area contributed by atoms with E-state index in [4.69, 9.17) is 4.98 Å². The Morgan fingerprint density at radius 3 is 3.04 bits per heavy atom. The van der Waals surface area contributed by atoms with Crippen LogP contribution in [0, 0.1) is 0 Å². The standard InChI is InChI=1S/C20H22N4OS/c25-19(14-26-13-15-5-3-9-21-11-15)24-10-4-6-16(12-24)20-22-17-7-1-2-8-18(17)23-20/h1-3,5,7-9,11,16H,4,6,10,12-14H2,(H,22,23). The first-order valence-electron chi connectivity index (χ1n) is 8.98. The van der Waals surface area contributed by atoms with Gasteiger partial charge in [-0.05, 0) is 36.6 Å². The lowest BCUT2D eigenvalue weighted by Gasteiger charge is -2.31. The molecule has 1 aliphatic heterocycles. The topological polar surface area (TPSA) is 61.9 Å². The second-order valence-corrected chi connectivity index (χ2v) is 7.66. The van der Waals surface area contributed by atoms with E-state index < -0.39 is 0 Å². The van der Waals surface area contributed by atoms with Crippen molar-refractivity contribution in [2.24, 2.45) is 0 Å². The van der Waals surface area contributed by atoms with Gasteiger partial charge in [0.05, 0.1) is 16.8 Å². The van der Waals surface area contributed by atoms with E-state index in [2.05, 4.69) is 9.97 Å². The fourth-order valence-corrected chi connectivity index (χ4v) is 4.29. The highest BCUT2D eigenvalue weighted by Crippen LogP contribution is 2.27. The number of carbonyl (C=O) groups excluding carboxylic acids is 1. The van der Waals surface area contributed by atoms with E-state index in [0.717, 1.165) is 54.1 Å². The van der Waals surface area contributed by atoms with Crippen LogP contribution in [0.4, 0.5) is 0 Å². The molecule has 1 fully saturated rings. The highest BCUT2D eigenvalue weighted by Gasteiger charge is 2.26. The van der Waals surface area contributed by atoms with Crippen LogP contribution in [0.25, 0.3) is 11.0 Å². The molecule has 1 unspecified atom stereocenters. The van der Waals surface area contributed by atoms with Crippen molar-refractivity contribution < 1.29 is 4.79 Å². The van der Waals surface area contributed by atoms with Crippen molar-refractivity contribution >= 4 is 28.7 Å². The van der Waals surface area contributed by atoms with Crippen molar-refractivity contribution in [1.29, 1.82) is 0 Å². The van der Waals surface area contributed by atoms with Gasteiger partial charge in [-0.25, -0.2) is 4.98 Å². The predicted octanol–water partition coefficient (Wildman–Crippen LogP) is 3.60. The zero-order chi connectivity index (χ0) is 17.8. The van der Waals surface area contributed by atoms with E-state index in [9.17, 15) is 4.79 Å². The van der Waals surface area contributed by atoms with E-state index in [1.54, 1.807) is 18.0 Å². The van der Waals surface area contributed by atoms with Gasteiger partial charge >= 0.3 is 0 Å². The zero-order valence-corrected chi connectivity index (χ0v) is 15.4. The van der Waals surface area contributed by atoms with E-state index in [0.29, 0.717) is 11.7 Å². The number of carbonyl (C=O) groups is 1. The first kappa shape index (κ1) is 17.1. The minimum Gasteiger partial charge on any atom is -0.342 e. The van der Waals surface area contributed by atoms with Crippen molar-refractivity contribution in [2.45, 2.75) is 24.5 Å². The summed E-state index contributed by atoms with van der Waals surface area (Å²) in [5, 5.41) is 0. The smallest absolute Gasteiger partial charge is 0.232 e. The molecule has 2 aromatic heterocycles. The quantitative estimate of drug-likeness (QED) is 0.749. The predicted molar refractivity (Wildman–Crippen MR) is 105 cm³/mol. The Bertz CT molecular complexity index is 847. The second kappa shape index (κ2) is 7.91. The Morgan fingerprint density at radius 1 is 1.27 bits per heavy atom. The van der Waals surface area contributed by atoms with Crippen LogP contribution in [0.2, 0.25) is 0 Å².